The van der Waals surface area contributed by atoms with E-state index in [0.29, 0.717) is 12.4 Å². The van der Waals surface area contributed by atoms with Crippen molar-refractivity contribution in [3.63, 3.8) is 0 Å². The number of nitrogens with zero attached hydrogens (tertiary/aromatic N) is 1. The van der Waals surface area contributed by atoms with Crippen molar-refractivity contribution in [1.82, 2.24) is 20.9 Å². The number of nitrogens with two attached hydrogens (primary N) is 1. The van der Waals surface area contributed by atoms with E-state index in [1.165, 1.54) is 6.08 Å². The Labute approximate surface area is 251 Å². The van der Waals surface area contributed by atoms with Gasteiger partial charge in [-0.25, -0.2) is 9.78 Å². The first-order valence-corrected chi connectivity index (χ1v) is 13.9. The number of pyridine rings is 1. The van der Waals surface area contributed by atoms with Gasteiger partial charge in [-0.3, -0.25) is 9.59 Å². The van der Waals surface area contributed by atoms with Crippen LogP contribution in [0, 0.1) is 0 Å². The van der Waals surface area contributed by atoms with Crippen LogP contribution >= 0.6 is 0 Å². The SMILES string of the molecule is C=CCOC(=O)NCc1ccc(CNC(=O)C(Cc2ccc(N)nc2)NC(=O)C(c2ccccc2)c2ccccc2)cc1. The van der Waals surface area contributed by atoms with Gasteiger partial charge in [0.2, 0.25) is 11.8 Å². The van der Waals surface area contributed by atoms with Gasteiger partial charge in [0.25, 0.3) is 0 Å². The van der Waals surface area contributed by atoms with E-state index in [-0.39, 0.29) is 31.4 Å². The Kier molecular flexibility index (Phi) is 11.0. The molecule has 1 heterocycles. The van der Waals surface area contributed by atoms with Gasteiger partial charge in [0.1, 0.15) is 18.5 Å². The highest BCUT2D eigenvalue weighted by Crippen LogP contribution is 2.25. The molecular formula is C34H35N5O4. The number of nitrogens with one attached hydrogen (secondary N) is 3. The number of benzene rings is 3. The van der Waals surface area contributed by atoms with Gasteiger partial charge in [0.05, 0.1) is 5.92 Å². The van der Waals surface area contributed by atoms with Gasteiger partial charge < -0.3 is 26.4 Å². The fourth-order valence-corrected chi connectivity index (χ4v) is 4.49. The van der Waals surface area contributed by atoms with Gasteiger partial charge in [-0.05, 0) is 33.9 Å². The summed E-state index contributed by atoms with van der Waals surface area (Å²) in [5.41, 5.74) is 9.89. The Bertz CT molecular complexity index is 1450. The van der Waals surface area contributed by atoms with E-state index in [2.05, 4.69) is 27.5 Å². The summed E-state index contributed by atoms with van der Waals surface area (Å²) < 4.78 is 4.91. The molecule has 3 aromatic carbocycles. The number of rotatable bonds is 13. The number of amides is 3. The number of ether oxygens (including phenoxy) is 1. The third-order valence-electron chi connectivity index (χ3n) is 6.71. The van der Waals surface area contributed by atoms with E-state index in [9.17, 15) is 14.4 Å². The summed E-state index contributed by atoms with van der Waals surface area (Å²) in [6.45, 7) is 4.20. The lowest BCUT2D eigenvalue weighted by Crippen LogP contribution is -2.49. The summed E-state index contributed by atoms with van der Waals surface area (Å²) in [5.74, 6) is -0.850. The van der Waals surface area contributed by atoms with Crippen LogP contribution in [0.15, 0.2) is 116 Å². The maximum Gasteiger partial charge on any atom is 0.407 e. The summed E-state index contributed by atoms with van der Waals surface area (Å²) in [6.07, 6.45) is 2.81. The van der Waals surface area contributed by atoms with Crippen molar-refractivity contribution < 1.29 is 19.1 Å². The quantitative estimate of drug-likeness (QED) is 0.176. The van der Waals surface area contributed by atoms with Gasteiger partial charge in [0, 0.05) is 25.7 Å². The minimum Gasteiger partial charge on any atom is -0.445 e. The summed E-state index contributed by atoms with van der Waals surface area (Å²) in [6, 6.07) is 29.0. The smallest absolute Gasteiger partial charge is 0.407 e. The molecule has 9 heteroatoms. The van der Waals surface area contributed by atoms with Crippen molar-refractivity contribution in [2.45, 2.75) is 31.5 Å². The second-order valence-electron chi connectivity index (χ2n) is 9.89. The van der Waals surface area contributed by atoms with Crippen molar-refractivity contribution in [2.75, 3.05) is 12.3 Å². The van der Waals surface area contributed by atoms with Crippen LogP contribution in [0.25, 0.3) is 0 Å². The van der Waals surface area contributed by atoms with Crippen molar-refractivity contribution in [2.24, 2.45) is 0 Å². The monoisotopic (exact) mass is 577 g/mol. The fourth-order valence-electron chi connectivity index (χ4n) is 4.49. The van der Waals surface area contributed by atoms with E-state index >= 15 is 0 Å². The first-order valence-electron chi connectivity index (χ1n) is 13.9. The molecule has 0 aliphatic rings. The Morgan fingerprint density at radius 1 is 0.767 bits per heavy atom. The van der Waals surface area contributed by atoms with E-state index in [1.54, 1.807) is 18.3 Å². The second-order valence-corrected chi connectivity index (χ2v) is 9.89. The van der Waals surface area contributed by atoms with Crippen LogP contribution in [-0.4, -0.2) is 35.5 Å². The largest absolute Gasteiger partial charge is 0.445 e. The zero-order chi connectivity index (χ0) is 30.4. The molecule has 3 amide bonds. The van der Waals surface area contributed by atoms with Gasteiger partial charge in [-0.2, -0.15) is 0 Å². The summed E-state index contributed by atoms with van der Waals surface area (Å²) >= 11 is 0. The van der Waals surface area contributed by atoms with Crippen molar-refractivity contribution in [1.29, 1.82) is 0 Å². The van der Waals surface area contributed by atoms with Crippen LogP contribution in [0.5, 0.6) is 0 Å². The first kappa shape index (κ1) is 30.5. The van der Waals surface area contributed by atoms with Crippen LogP contribution in [0.1, 0.15) is 33.7 Å². The lowest BCUT2D eigenvalue weighted by atomic mass is 9.90. The lowest BCUT2D eigenvalue weighted by molar-refractivity contribution is -0.129. The van der Waals surface area contributed by atoms with Gasteiger partial charge >= 0.3 is 6.09 Å². The fraction of sp³-hybridized carbons (Fsp3) is 0.176. The van der Waals surface area contributed by atoms with Gasteiger partial charge in [0.15, 0.2) is 0 Å². The molecule has 0 fully saturated rings. The molecule has 0 saturated carbocycles. The average molecular weight is 578 g/mol. The summed E-state index contributed by atoms with van der Waals surface area (Å²) in [4.78, 5) is 43.1. The molecule has 9 nitrogen and oxygen atoms in total. The zero-order valence-electron chi connectivity index (χ0n) is 23.7. The number of alkyl carbamates (subject to hydrolysis) is 1. The molecule has 43 heavy (non-hydrogen) atoms. The van der Waals surface area contributed by atoms with E-state index in [0.717, 1.165) is 27.8 Å². The molecule has 0 saturated heterocycles. The molecule has 0 bridgehead atoms. The number of aromatic nitrogens is 1. The van der Waals surface area contributed by atoms with E-state index in [4.69, 9.17) is 10.5 Å². The highest BCUT2D eigenvalue weighted by atomic mass is 16.5. The van der Waals surface area contributed by atoms with E-state index in [1.807, 2.05) is 84.9 Å². The molecule has 1 atom stereocenters. The Morgan fingerprint density at radius 2 is 1.33 bits per heavy atom. The normalized spacial score (nSPS) is 11.3. The Balaban J connectivity index is 1.46. The third-order valence-corrected chi connectivity index (χ3v) is 6.71. The number of carbonyl (C=O) groups excluding carboxylic acids is 3. The average Bonchev–Trinajstić information content (AvgIpc) is 3.04. The number of nitrogen functional groups attached to an aromatic ring is 1. The molecular weight excluding hydrogens is 542 g/mol. The molecule has 4 aromatic rings. The van der Waals surface area contributed by atoms with Crippen LogP contribution in [0.3, 0.4) is 0 Å². The summed E-state index contributed by atoms with van der Waals surface area (Å²) in [5, 5.41) is 8.61. The number of anilines is 1. The Hall–Kier alpha value is -5.44. The predicted octanol–water partition coefficient (Wildman–Crippen LogP) is 4.25. The molecule has 0 aliphatic carbocycles. The van der Waals surface area contributed by atoms with Crippen LogP contribution in [0.2, 0.25) is 0 Å². The second kappa shape index (κ2) is 15.5. The zero-order valence-corrected chi connectivity index (χ0v) is 23.7. The number of hydrogen-bond donors (Lipinski definition) is 4. The molecule has 0 aliphatic heterocycles. The van der Waals surface area contributed by atoms with Crippen molar-refractivity contribution in [3.05, 3.63) is 144 Å². The maximum atomic E-state index is 13.8. The number of hydrogen-bond acceptors (Lipinski definition) is 6. The minimum absolute atomic E-state index is 0.139. The Morgan fingerprint density at radius 3 is 1.86 bits per heavy atom. The topological polar surface area (TPSA) is 135 Å². The summed E-state index contributed by atoms with van der Waals surface area (Å²) in [7, 11) is 0. The lowest BCUT2D eigenvalue weighted by Gasteiger charge is -2.23. The predicted molar refractivity (Wildman–Crippen MR) is 166 cm³/mol. The van der Waals surface area contributed by atoms with Crippen molar-refractivity contribution >= 4 is 23.7 Å². The minimum atomic E-state index is -0.863. The van der Waals surface area contributed by atoms with Gasteiger partial charge in [-0.1, -0.05) is 104 Å². The first-order chi connectivity index (χ1) is 20.9. The van der Waals surface area contributed by atoms with Crippen LogP contribution < -0.4 is 21.7 Å². The van der Waals surface area contributed by atoms with Gasteiger partial charge in [-0.15, -0.1) is 0 Å². The standard InChI is InChI=1S/C34H35N5O4/c1-2-19-43-34(42)38-22-25-15-13-24(14-16-25)21-37-32(40)29(20-26-17-18-30(35)36-23-26)39-33(41)31(27-9-5-3-6-10-27)28-11-7-4-8-12-28/h2-18,23,29,31H,1,19-22H2,(H2,35,36)(H,37,40)(H,38,42)(H,39,41). The molecule has 220 valence electrons. The third kappa shape index (κ3) is 9.29. The van der Waals surface area contributed by atoms with Crippen LogP contribution in [0.4, 0.5) is 10.6 Å². The number of carbonyl (C=O) groups is 3. The van der Waals surface area contributed by atoms with E-state index < -0.39 is 18.1 Å². The highest BCUT2D eigenvalue weighted by molar-refractivity contribution is 5.92. The molecule has 1 aromatic heterocycles. The molecule has 1 unspecified atom stereocenters. The molecule has 5 N–H and O–H groups in total. The molecule has 0 spiro atoms. The van der Waals surface area contributed by atoms with Crippen LogP contribution in [-0.2, 0) is 33.8 Å². The molecule has 4 rings (SSSR count). The maximum absolute atomic E-state index is 13.8. The highest BCUT2D eigenvalue weighted by Gasteiger charge is 2.28. The molecule has 0 radical (unpaired) electrons. The van der Waals surface area contributed by atoms with Crippen molar-refractivity contribution in [3.8, 4) is 0 Å².